The largest absolute Gasteiger partial charge is 0.352 e. The molecule has 2 aromatic heterocycles. The van der Waals surface area contributed by atoms with Gasteiger partial charge in [0.05, 0.1) is 16.6 Å². The molecule has 0 bridgehead atoms. The minimum atomic E-state index is -0.102. The van der Waals surface area contributed by atoms with Gasteiger partial charge >= 0.3 is 0 Å². The van der Waals surface area contributed by atoms with Gasteiger partial charge in [0, 0.05) is 38.9 Å². The summed E-state index contributed by atoms with van der Waals surface area (Å²) in [5, 5.41) is 10.9. The van der Waals surface area contributed by atoms with Crippen molar-refractivity contribution in [3.8, 4) is 0 Å². The van der Waals surface area contributed by atoms with E-state index in [2.05, 4.69) is 25.7 Å². The molecule has 1 amide bonds. The fourth-order valence-electron chi connectivity index (χ4n) is 2.61. The molecule has 1 aliphatic heterocycles. The van der Waals surface area contributed by atoms with Crippen LogP contribution in [0.5, 0.6) is 0 Å². The maximum absolute atomic E-state index is 12.1. The van der Waals surface area contributed by atoms with Crippen LogP contribution in [0, 0.1) is 6.92 Å². The van der Waals surface area contributed by atoms with E-state index in [0.29, 0.717) is 17.8 Å². The Morgan fingerprint density at radius 1 is 1.43 bits per heavy atom. The molecule has 3 heterocycles. The molecule has 8 heteroatoms. The van der Waals surface area contributed by atoms with Crippen molar-refractivity contribution >= 4 is 29.4 Å². The minimum absolute atomic E-state index is 0. The zero-order valence-corrected chi connectivity index (χ0v) is 14.0. The number of carbonyl (C=O) groups is 1. The van der Waals surface area contributed by atoms with Crippen LogP contribution in [0.3, 0.4) is 0 Å². The van der Waals surface area contributed by atoms with E-state index < -0.39 is 0 Å². The van der Waals surface area contributed by atoms with E-state index in [4.69, 9.17) is 4.52 Å². The van der Waals surface area contributed by atoms with E-state index >= 15 is 0 Å². The highest BCUT2D eigenvalue weighted by Crippen LogP contribution is 2.16. The summed E-state index contributed by atoms with van der Waals surface area (Å²) in [7, 11) is 0. The summed E-state index contributed by atoms with van der Waals surface area (Å²) in [6.07, 6.45) is 2.48. The van der Waals surface area contributed by atoms with E-state index in [0.717, 1.165) is 50.2 Å². The van der Waals surface area contributed by atoms with Crippen molar-refractivity contribution in [2.45, 2.75) is 13.3 Å². The van der Waals surface area contributed by atoms with Gasteiger partial charge in [-0.15, -0.1) is 12.4 Å². The smallest absolute Gasteiger partial charge is 0.257 e. The molecule has 1 aliphatic rings. The summed E-state index contributed by atoms with van der Waals surface area (Å²) in [6.45, 7) is 7.80. The van der Waals surface area contributed by atoms with Gasteiger partial charge in [0.25, 0.3) is 11.6 Å². The monoisotopic (exact) mass is 339 g/mol. The highest BCUT2D eigenvalue weighted by atomic mass is 35.5. The number of carbonyl (C=O) groups excluding carboxylic acids is 1. The van der Waals surface area contributed by atoms with Crippen LogP contribution in [0.25, 0.3) is 11.1 Å². The van der Waals surface area contributed by atoms with Crippen molar-refractivity contribution in [3.05, 3.63) is 23.5 Å². The predicted molar refractivity (Wildman–Crippen MR) is 90.0 cm³/mol. The highest BCUT2D eigenvalue weighted by Gasteiger charge is 2.12. The molecule has 0 spiro atoms. The number of hydrogen-bond donors (Lipinski definition) is 2. The fraction of sp³-hybridized carbons (Fsp3) is 0.533. The Morgan fingerprint density at radius 2 is 2.22 bits per heavy atom. The first-order valence-corrected chi connectivity index (χ1v) is 7.67. The third-order valence-corrected chi connectivity index (χ3v) is 3.92. The number of amides is 1. The summed E-state index contributed by atoms with van der Waals surface area (Å²) in [6, 6.07) is 1.78. The number of aryl methyl sites for hydroxylation is 1. The second-order valence-electron chi connectivity index (χ2n) is 5.55. The summed E-state index contributed by atoms with van der Waals surface area (Å²) in [4.78, 5) is 18.7. The van der Waals surface area contributed by atoms with Gasteiger partial charge in [0.2, 0.25) is 0 Å². The lowest BCUT2D eigenvalue weighted by Crippen LogP contribution is -2.44. The van der Waals surface area contributed by atoms with Gasteiger partial charge in [-0.25, -0.2) is 4.98 Å². The van der Waals surface area contributed by atoms with Crippen molar-refractivity contribution in [1.82, 2.24) is 25.7 Å². The SMILES string of the molecule is Cc1noc2ncc(C(=O)NCCCN3CCNCC3)cc12.Cl. The normalized spacial score (nSPS) is 15.3. The van der Waals surface area contributed by atoms with Crippen molar-refractivity contribution in [2.24, 2.45) is 0 Å². The number of hydrogen-bond acceptors (Lipinski definition) is 6. The molecular formula is C15H22ClN5O2. The first kappa shape index (κ1) is 17.7. The highest BCUT2D eigenvalue weighted by molar-refractivity contribution is 5.96. The zero-order chi connectivity index (χ0) is 15.4. The van der Waals surface area contributed by atoms with Crippen LogP contribution in [0.2, 0.25) is 0 Å². The molecule has 0 saturated carbocycles. The van der Waals surface area contributed by atoms with Gasteiger partial charge in [0.1, 0.15) is 0 Å². The lowest BCUT2D eigenvalue weighted by molar-refractivity contribution is 0.0951. The molecule has 23 heavy (non-hydrogen) atoms. The second kappa shape index (κ2) is 8.24. The number of halogens is 1. The van der Waals surface area contributed by atoms with E-state index in [9.17, 15) is 4.79 Å². The number of rotatable bonds is 5. The van der Waals surface area contributed by atoms with Crippen LogP contribution < -0.4 is 10.6 Å². The molecule has 0 atom stereocenters. The molecule has 0 aliphatic carbocycles. The van der Waals surface area contributed by atoms with Crippen LogP contribution >= 0.6 is 12.4 Å². The van der Waals surface area contributed by atoms with Gasteiger partial charge < -0.3 is 20.1 Å². The van der Waals surface area contributed by atoms with Gasteiger partial charge in [-0.1, -0.05) is 5.16 Å². The van der Waals surface area contributed by atoms with Crippen LogP contribution in [-0.2, 0) is 0 Å². The molecule has 7 nitrogen and oxygen atoms in total. The molecule has 3 rings (SSSR count). The molecule has 1 saturated heterocycles. The van der Waals surface area contributed by atoms with Gasteiger partial charge in [-0.3, -0.25) is 4.79 Å². The van der Waals surface area contributed by atoms with Gasteiger partial charge in [-0.2, -0.15) is 0 Å². The molecule has 0 radical (unpaired) electrons. The number of pyridine rings is 1. The summed E-state index contributed by atoms with van der Waals surface area (Å²) >= 11 is 0. The Hall–Kier alpha value is -1.70. The van der Waals surface area contributed by atoms with E-state index in [1.807, 2.05) is 6.92 Å². The molecule has 2 N–H and O–H groups in total. The van der Waals surface area contributed by atoms with Crippen LogP contribution in [0.4, 0.5) is 0 Å². The minimum Gasteiger partial charge on any atom is -0.352 e. The quantitative estimate of drug-likeness (QED) is 0.790. The third kappa shape index (κ3) is 4.40. The maximum Gasteiger partial charge on any atom is 0.257 e. The Kier molecular flexibility index (Phi) is 6.32. The second-order valence-corrected chi connectivity index (χ2v) is 5.55. The van der Waals surface area contributed by atoms with Gasteiger partial charge in [0.15, 0.2) is 0 Å². The molecule has 0 aromatic carbocycles. The summed E-state index contributed by atoms with van der Waals surface area (Å²) in [5.74, 6) is -0.102. The lowest BCUT2D eigenvalue weighted by atomic mass is 10.2. The summed E-state index contributed by atoms with van der Waals surface area (Å²) in [5.41, 5.74) is 1.75. The van der Waals surface area contributed by atoms with Crippen molar-refractivity contribution in [2.75, 3.05) is 39.3 Å². The number of nitrogens with one attached hydrogen (secondary N) is 2. The number of piperazine rings is 1. The topological polar surface area (TPSA) is 83.3 Å². The first-order chi connectivity index (χ1) is 10.7. The zero-order valence-electron chi connectivity index (χ0n) is 13.2. The first-order valence-electron chi connectivity index (χ1n) is 7.67. The Labute approximate surface area is 141 Å². The standard InChI is InChI=1S/C15H21N5O2.ClH/c1-11-13-9-12(10-18-15(13)22-19-11)14(21)17-3-2-6-20-7-4-16-5-8-20;/h9-10,16H,2-8H2,1H3,(H,17,21);1H. The Morgan fingerprint density at radius 3 is 3.00 bits per heavy atom. The number of fused-ring (bicyclic) bond motifs is 1. The fourth-order valence-corrected chi connectivity index (χ4v) is 2.61. The van der Waals surface area contributed by atoms with Crippen molar-refractivity contribution < 1.29 is 9.32 Å². The van der Waals surface area contributed by atoms with Crippen LogP contribution in [0.15, 0.2) is 16.8 Å². The number of nitrogens with zero attached hydrogens (tertiary/aromatic N) is 3. The average molecular weight is 340 g/mol. The van der Waals surface area contributed by atoms with E-state index in [1.54, 1.807) is 6.07 Å². The number of aromatic nitrogens is 2. The van der Waals surface area contributed by atoms with Gasteiger partial charge in [-0.05, 0) is 26.0 Å². The molecule has 126 valence electrons. The predicted octanol–water partition coefficient (Wildman–Crippen LogP) is 0.978. The van der Waals surface area contributed by atoms with Crippen molar-refractivity contribution in [3.63, 3.8) is 0 Å². The average Bonchev–Trinajstić information content (AvgIpc) is 2.93. The van der Waals surface area contributed by atoms with Crippen LogP contribution in [0.1, 0.15) is 22.5 Å². The van der Waals surface area contributed by atoms with E-state index in [1.165, 1.54) is 6.20 Å². The molecule has 2 aromatic rings. The summed E-state index contributed by atoms with van der Waals surface area (Å²) < 4.78 is 5.05. The Bertz CT molecular complexity index is 654. The van der Waals surface area contributed by atoms with E-state index in [-0.39, 0.29) is 18.3 Å². The lowest BCUT2D eigenvalue weighted by Gasteiger charge is -2.27. The Balaban J connectivity index is 0.00000192. The third-order valence-electron chi connectivity index (χ3n) is 3.92. The molecular weight excluding hydrogens is 318 g/mol. The molecule has 0 unspecified atom stereocenters. The van der Waals surface area contributed by atoms with Crippen molar-refractivity contribution in [1.29, 1.82) is 0 Å². The molecule has 1 fully saturated rings. The van der Waals surface area contributed by atoms with Crippen LogP contribution in [-0.4, -0.2) is 60.2 Å². The maximum atomic E-state index is 12.1.